The van der Waals surface area contributed by atoms with Gasteiger partial charge in [0.15, 0.2) is 5.78 Å². The number of ether oxygens (including phenoxy) is 2. The predicted molar refractivity (Wildman–Crippen MR) is 124 cm³/mol. The minimum atomic E-state index is -0.785. The van der Waals surface area contributed by atoms with Crippen molar-refractivity contribution < 1.29 is 23.9 Å². The molecule has 1 saturated heterocycles. The van der Waals surface area contributed by atoms with Gasteiger partial charge in [-0.15, -0.1) is 11.3 Å². The molecule has 1 fully saturated rings. The summed E-state index contributed by atoms with van der Waals surface area (Å²) in [5, 5.41) is 8.79. The molecule has 32 heavy (non-hydrogen) atoms. The number of fused-ring (bicyclic) bond motifs is 3. The van der Waals surface area contributed by atoms with Crippen molar-refractivity contribution in [3.05, 3.63) is 47.3 Å². The van der Waals surface area contributed by atoms with E-state index in [-0.39, 0.29) is 37.6 Å². The second-order valence-corrected chi connectivity index (χ2v) is 9.39. The molecule has 1 aromatic heterocycles. The number of rotatable bonds is 6. The molecule has 0 aliphatic carbocycles. The molecule has 168 valence electrons. The van der Waals surface area contributed by atoms with E-state index in [0.717, 1.165) is 20.9 Å². The van der Waals surface area contributed by atoms with Gasteiger partial charge < -0.3 is 20.1 Å². The average Bonchev–Trinajstić information content (AvgIpc) is 3.12. The summed E-state index contributed by atoms with van der Waals surface area (Å²) >= 11 is 1.41. The van der Waals surface area contributed by atoms with Gasteiger partial charge in [-0.1, -0.05) is 50.2 Å². The van der Waals surface area contributed by atoms with Crippen molar-refractivity contribution >= 4 is 49.8 Å². The summed E-state index contributed by atoms with van der Waals surface area (Å²) in [7, 11) is 0. The highest BCUT2D eigenvalue weighted by atomic mass is 32.1. The largest absolute Gasteiger partial charge is 0.353 e. The molecule has 1 aliphatic rings. The molecular weight excluding hydrogens is 428 g/mol. The number of hydrogen-bond acceptors (Lipinski definition) is 6. The van der Waals surface area contributed by atoms with Crippen LogP contribution in [0.15, 0.2) is 42.5 Å². The van der Waals surface area contributed by atoms with E-state index < -0.39 is 18.0 Å². The van der Waals surface area contributed by atoms with Gasteiger partial charge in [0.1, 0.15) is 25.5 Å². The van der Waals surface area contributed by atoms with Gasteiger partial charge in [-0.3, -0.25) is 14.4 Å². The Bertz CT molecular complexity index is 1160. The Morgan fingerprint density at radius 1 is 1.12 bits per heavy atom. The molecule has 0 spiro atoms. The number of carbonyl (C=O) groups excluding carboxylic acids is 3. The van der Waals surface area contributed by atoms with Crippen LogP contribution < -0.4 is 10.6 Å². The minimum Gasteiger partial charge on any atom is -0.353 e. The first-order valence-corrected chi connectivity index (χ1v) is 11.4. The number of hydrogen-bond donors (Lipinski definition) is 2. The van der Waals surface area contributed by atoms with E-state index in [9.17, 15) is 14.4 Å². The number of benzene rings is 2. The first kappa shape index (κ1) is 22.4. The standard InChI is InChI=1S/C24H26N2O5S/c1-14(2)9-18(23(28)26-19-11-30-13-31-12-20(19)27)25-24(29)21-10-16-8-7-15-5-3-4-6-17(15)22(16)32-21/h3-8,10,14,18-19H,9,11-13H2,1-2H3,(H,25,29)(H,26,28). The van der Waals surface area contributed by atoms with Crippen LogP contribution in [0.4, 0.5) is 0 Å². The fraction of sp³-hybridized carbons (Fsp3) is 0.375. The lowest BCUT2D eigenvalue weighted by Gasteiger charge is -2.22. The van der Waals surface area contributed by atoms with Crippen molar-refractivity contribution in [3.63, 3.8) is 0 Å². The third-order valence-electron chi connectivity index (χ3n) is 5.36. The SMILES string of the molecule is CC(C)CC(NC(=O)c1cc2ccc3ccccc3c2s1)C(=O)NC1COCOCC1=O. The molecule has 1 aliphatic heterocycles. The highest BCUT2D eigenvalue weighted by Gasteiger charge is 2.29. The van der Waals surface area contributed by atoms with Gasteiger partial charge in [0.25, 0.3) is 5.91 Å². The molecule has 4 rings (SSSR count). The third kappa shape index (κ3) is 4.98. The summed E-state index contributed by atoms with van der Waals surface area (Å²) < 4.78 is 11.3. The Hall–Kier alpha value is -2.81. The van der Waals surface area contributed by atoms with E-state index in [4.69, 9.17) is 9.47 Å². The number of amides is 2. The fourth-order valence-corrected chi connectivity index (χ4v) is 4.87. The Balaban J connectivity index is 1.53. The van der Waals surface area contributed by atoms with Gasteiger partial charge in [0, 0.05) is 4.70 Å². The maximum Gasteiger partial charge on any atom is 0.262 e. The number of Topliss-reactive ketones (excluding diaryl/α,β-unsaturated/α-hetero) is 1. The van der Waals surface area contributed by atoms with E-state index in [1.807, 2.05) is 56.3 Å². The van der Waals surface area contributed by atoms with Crippen molar-refractivity contribution in [3.8, 4) is 0 Å². The Morgan fingerprint density at radius 3 is 2.72 bits per heavy atom. The molecule has 2 amide bonds. The van der Waals surface area contributed by atoms with Gasteiger partial charge in [0.05, 0.1) is 11.5 Å². The van der Waals surface area contributed by atoms with Gasteiger partial charge >= 0.3 is 0 Å². The van der Waals surface area contributed by atoms with Crippen LogP contribution in [-0.2, 0) is 19.1 Å². The third-order valence-corrected chi connectivity index (χ3v) is 6.54. The molecule has 3 aromatic rings. The van der Waals surface area contributed by atoms with E-state index in [1.165, 1.54) is 11.3 Å². The van der Waals surface area contributed by atoms with Crippen molar-refractivity contribution in [2.45, 2.75) is 32.4 Å². The lowest BCUT2D eigenvalue weighted by molar-refractivity contribution is -0.130. The monoisotopic (exact) mass is 454 g/mol. The van der Waals surface area contributed by atoms with Crippen molar-refractivity contribution in [2.24, 2.45) is 5.92 Å². The zero-order chi connectivity index (χ0) is 22.7. The van der Waals surface area contributed by atoms with Crippen molar-refractivity contribution in [2.75, 3.05) is 20.0 Å². The number of carbonyl (C=O) groups is 3. The van der Waals surface area contributed by atoms with Crippen LogP contribution in [0.2, 0.25) is 0 Å². The van der Waals surface area contributed by atoms with Crippen molar-refractivity contribution in [1.29, 1.82) is 0 Å². The Labute approximate surface area is 190 Å². The predicted octanol–water partition coefficient (Wildman–Crippen LogP) is 3.26. The molecule has 2 aromatic carbocycles. The summed E-state index contributed by atoms with van der Waals surface area (Å²) in [4.78, 5) is 38.7. The molecule has 7 nitrogen and oxygen atoms in total. The first-order valence-electron chi connectivity index (χ1n) is 10.6. The number of nitrogens with one attached hydrogen (secondary N) is 2. The van der Waals surface area contributed by atoms with Crippen LogP contribution >= 0.6 is 11.3 Å². The lowest BCUT2D eigenvalue weighted by Crippen LogP contribution is -2.53. The summed E-state index contributed by atoms with van der Waals surface area (Å²) in [6.07, 6.45) is 0.448. The number of thiophene rings is 1. The Kier molecular flexibility index (Phi) is 6.83. The Morgan fingerprint density at radius 2 is 1.91 bits per heavy atom. The normalized spacial score (nSPS) is 18.0. The van der Waals surface area contributed by atoms with Crippen LogP contribution in [0.1, 0.15) is 29.9 Å². The van der Waals surface area contributed by atoms with Crippen molar-refractivity contribution in [1.82, 2.24) is 10.6 Å². The maximum atomic E-state index is 13.1. The van der Waals surface area contributed by atoms with E-state index in [2.05, 4.69) is 10.6 Å². The van der Waals surface area contributed by atoms with Gasteiger partial charge in [0.2, 0.25) is 5.91 Å². The van der Waals surface area contributed by atoms with Crippen LogP contribution in [0.25, 0.3) is 20.9 Å². The molecule has 8 heteroatoms. The van der Waals surface area contributed by atoms with Crippen LogP contribution in [-0.4, -0.2) is 49.7 Å². The highest BCUT2D eigenvalue weighted by molar-refractivity contribution is 7.21. The molecule has 2 heterocycles. The molecule has 0 saturated carbocycles. The quantitative estimate of drug-likeness (QED) is 0.596. The minimum absolute atomic E-state index is 0.0187. The zero-order valence-electron chi connectivity index (χ0n) is 18.1. The maximum absolute atomic E-state index is 13.1. The smallest absolute Gasteiger partial charge is 0.262 e. The summed E-state index contributed by atoms with van der Waals surface area (Å²) in [6, 6.07) is 12.4. The van der Waals surface area contributed by atoms with Gasteiger partial charge in [-0.2, -0.15) is 0 Å². The zero-order valence-corrected chi connectivity index (χ0v) is 18.9. The summed E-state index contributed by atoms with van der Waals surface area (Å²) in [6.45, 7) is 3.92. The second kappa shape index (κ2) is 9.77. The first-order chi connectivity index (χ1) is 15.4. The van der Waals surface area contributed by atoms with E-state index in [0.29, 0.717) is 11.3 Å². The van der Waals surface area contributed by atoms with E-state index in [1.54, 1.807) is 0 Å². The van der Waals surface area contributed by atoms with Crippen LogP contribution in [0.3, 0.4) is 0 Å². The average molecular weight is 455 g/mol. The fourth-order valence-electron chi connectivity index (χ4n) is 3.77. The lowest BCUT2D eigenvalue weighted by atomic mass is 10.0. The molecule has 2 unspecified atom stereocenters. The van der Waals surface area contributed by atoms with Gasteiger partial charge in [-0.25, -0.2) is 0 Å². The van der Waals surface area contributed by atoms with Crippen LogP contribution in [0.5, 0.6) is 0 Å². The summed E-state index contributed by atoms with van der Waals surface area (Å²) in [5.74, 6) is -0.783. The molecule has 2 N–H and O–H groups in total. The molecular formula is C24H26N2O5S. The van der Waals surface area contributed by atoms with Crippen LogP contribution in [0, 0.1) is 5.92 Å². The molecule has 2 atom stereocenters. The van der Waals surface area contributed by atoms with Gasteiger partial charge in [-0.05, 0) is 34.6 Å². The molecule has 0 radical (unpaired) electrons. The molecule has 0 bridgehead atoms. The highest BCUT2D eigenvalue weighted by Crippen LogP contribution is 2.32. The van der Waals surface area contributed by atoms with E-state index >= 15 is 0 Å². The summed E-state index contributed by atoms with van der Waals surface area (Å²) in [5.41, 5.74) is 0. The topological polar surface area (TPSA) is 93.7 Å². The second-order valence-electron chi connectivity index (χ2n) is 8.34. The number of ketones is 1.